The van der Waals surface area contributed by atoms with Crippen LogP contribution >= 0.6 is 11.3 Å². The van der Waals surface area contributed by atoms with E-state index in [0.717, 1.165) is 17.4 Å². The van der Waals surface area contributed by atoms with Crippen LogP contribution in [0.2, 0.25) is 0 Å². The first kappa shape index (κ1) is 24.5. The monoisotopic (exact) mass is 524 g/mol. The number of aromatic nitrogens is 1. The quantitative estimate of drug-likeness (QED) is 0.363. The summed E-state index contributed by atoms with van der Waals surface area (Å²) >= 11 is 1.09. The lowest BCUT2D eigenvalue weighted by atomic mass is 9.96. The minimum absolute atomic E-state index is 0.0259. The number of methoxy groups -OCH3 is 1. The van der Waals surface area contributed by atoms with Gasteiger partial charge >= 0.3 is 12.1 Å². The molecule has 0 spiro atoms. The second kappa shape index (κ2) is 9.36. The van der Waals surface area contributed by atoms with Crippen molar-refractivity contribution in [3.05, 3.63) is 115 Å². The fourth-order valence-electron chi connectivity index (χ4n) is 4.29. The van der Waals surface area contributed by atoms with Gasteiger partial charge in [0.2, 0.25) is 0 Å². The summed E-state index contributed by atoms with van der Waals surface area (Å²) in [5.74, 6) is -0.362. The van der Waals surface area contributed by atoms with E-state index in [0.29, 0.717) is 16.1 Å². The minimum Gasteiger partial charge on any atom is -0.466 e. The predicted octanol–water partition coefficient (Wildman–Crippen LogP) is 4.69. The number of carbonyl (C=O) groups is 1. The third-order valence-corrected chi connectivity index (χ3v) is 6.92. The van der Waals surface area contributed by atoms with Gasteiger partial charge in [0.15, 0.2) is 4.80 Å². The second-order valence-corrected chi connectivity index (χ2v) is 9.24. The Hall–Kier alpha value is -4.18. The molecule has 1 atom stereocenters. The molecular formula is C27H19F3N2O4S. The van der Waals surface area contributed by atoms with Gasteiger partial charge in [0, 0.05) is 11.6 Å². The number of benzene rings is 2. The Morgan fingerprint density at radius 2 is 1.78 bits per heavy atom. The summed E-state index contributed by atoms with van der Waals surface area (Å²) in [6.45, 7) is 1.68. The number of furan rings is 1. The van der Waals surface area contributed by atoms with E-state index >= 15 is 0 Å². The molecule has 0 bridgehead atoms. The Morgan fingerprint density at radius 3 is 2.49 bits per heavy atom. The number of hydrogen-bond donors (Lipinski definition) is 0. The maximum atomic E-state index is 13.5. The van der Waals surface area contributed by atoms with Gasteiger partial charge in [-0.3, -0.25) is 9.36 Å². The molecule has 0 amide bonds. The van der Waals surface area contributed by atoms with Crippen LogP contribution in [0.1, 0.15) is 29.9 Å². The minimum atomic E-state index is -4.55. The van der Waals surface area contributed by atoms with Crippen molar-refractivity contribution >= 4 is 23.4 Å². The van der Waals surface area contributed by atoms with E-state index in [1.165, 1.54) is 48.1 Å². The number of allylic oxidation sites excluding steroid dienone is 1. The summed E-state index contributed by atoms with van der Waals surface area (Å²) in [5.41, 5.74) is 0.0470. The lowest BCUT2D eigenvalue weighted by Gasteiger charge is -2.24. The molecule has 0 N–H and O–H groups in total. The number of esters is 1. The van der Waals surface area contributed by atoms with Gasteiger partial charge in [-0.05, 0) is 30.7 Å². The molecule has 0 radical (unpaired) electrons. The zero-order valence-corrected chi connectivity index (χ0v) is 20.4. The highest BCUT2D eigenvalue weighted by atomic mass is 32.1. The Balaban J connectivity index is 1.63. The zero-order valence-electron chi connectivity index (χ0n) is 19.6. The zero-order chi connectivity index (χ0) is 26.3. The van der Waals surface area contributed by atoms with Crippen molar-refractivity contribution in [2.24, 2.45) is 4.99 Å². The number of halogens is 3. The van der Waals surface area contributed by atoms with E-state index in [1.54, 1.807) is 31.2 Å². The smallest absolute Gasteiger partial charge is 0.417 e. The first-order valence-electron chi connectivity index (χ1n) is 11.1. The van der Waals surface area contributed by atoms with Crippen LogP contribution < -0.4 is 14.9 Å². The van der Waals surface area contributed by atoms with Gasteiger partial charge < -0.3 is 9.15 Å². The molecule has 6 nitrogen and oxygen atoms in total. The standard InChI is InChI=1S/C27H19F3N2O4S/c1-15-22(25(34)35-2)23(16-8-4-3-5-9-16)32-24(33)21(37-26(32)31-15)14-17-12-13-20(36-17)18-10-6-7-11-19(18)27(28,29)30/h3-14,23H,1-2H3/b21-14+/t23-/m0/s1. The average Bonchev–Trinajstić information content (AvgIpc) is 3.47. The van der Waals surface area contributed by atoms with E-state index in [4.69, 9.17) is 9.15 Å². The van der Waals surface area contributed by atoms with Crippen molar-refractivity contribution in [1.82, 2.24) is 4.57 Å². The molecule has 188 valence electrons. The molecule has 37 heavy (non-hydrogen) atoms. The third-order valence-electron chi connectivity index (χ3n) is 5.94. The highest BCUT2D eigenvalue weighted by Gasteiger charge is 2.34. The van der Waals surface area contributed by atoms with Crippen molar-refractivity contribution in [3.63, 3.8) is 0 Å². The Labute approximate surface area is 212 Å². The van der Waals surface area contributed by atoms with Gasteiger partial charge in [-0.15, -0.1) is 0 Å². The van der Waals surface area contributed by atoms with Crippen molar-refractivity contribution in [2.75, 3.05) is 7.11 Å². The molecule has 10 heteroatoms. The lowest BCUT2D eigenvalue weighted by molar-refractivity contribution is -0.137. The maximum absolute atomic E-state index is 13.5. The second-order valence-electron chi connectivity index (χ2n) is 8.23. The molecule has 0 aliphatic carbocycles. The Kier molecular flexibility index (Phi) is 6.20. The third kappa shape index (κ3) is 4.44. The van der Waals surface area contributed by atoms with E-state index in [1.807, 2.05) is 6.07 Å². The molecule has 1 aliphatic rings. The molecule has 0 saturated heterocycles. The number of carbonyl (C=O) groups excluding carboxylic acids is 1. The molecule has 0 saturated carbocycles. The largest absolute Gasteiger partial charge is 0.466 e. The summed E-state index contributed by atoms with van der Waals surface area (Å²) < 4.78 is 52.7. The molecular weight excluding hydrogens is 505 g/mol. The molecule has 2 aromatic heterocycles. The lowest BCUT2D eigenvalue weighted by Crippen LogP contribution is -2.39. The van der Waals surface area contributed by atoms with E-state index in [9.17, 15) is 22.8 Å². The predicted molar refractivity (Wildman–Crippen MR) is 131 cm³/mol. The van der Waals surface area contributed by atoms with Crippen LogP contribution in [0.3, 0.4) is 0 Å². The van der Waals surface area contributed by atoms with Gasteiger partial charge in [-0.1, -0.05) is 59.9 Å². The molecule has 1 aliphatic heterocycles. The highest BCUT2D eigenvalue weighted by molar-refractivity contribution is 7.07. The van der Waals surface area contributed by atoms with E-state index in [-0.39, 0.29) is 27.2 Å². The first-order chi connectivity index (χ1) is 17.7. The number of rotatable bonds is 4. The number of hydrogen-bond acceptors (Lipinski definition) is 6. The van der Waals surface area contributed by atoms with Gasteiger partial charge in [-0.25, -0.2) is 9.79 Å². The van der Waals surface area contributed by atoms with Crippen LogP contribution in [0.4, 0.5) is 13.2 Å². The van der Waals surface area contributed by atoms with E-state index in [2.05, 4.69) is 4.99 Å². The van der Waals surface area contributed by atoms with Crippen LogP contribution in [0.25, 0.3) is 17.4 Å². The molecule has 0 fully saturated rings. The maximum Gasteiger partial charge on any atom is 0.417 e. The van der Waals surface area contributed by atoms with Crippen molar-refractivity contribution < 1.29 is 27.1 Å². The highest BCUT2D eigenvalue weighted by Crippen LogP contribution is 2.37. The van der Waals surface area contributed by atoms with Gasteiger partial charge in [0.1, 0.15) is 11.5 Å². The average molecular weight is 525 g/mol. The summed E-state index contributed by atoms with van der Waals surface area (Å²) in [4.78, 5) is 31.1. The number of thiazole rings is 1. The fourth-order valence-corrected chi connectivity index (χ4v) is 5.32. The van der Waals surface area contributed by atoms with Gasteiger partial charge in [0.25, 0.3) is 5.56 Å². The van der Waals surface area contributed by atoms with Gasteiger partial charge in [0.05, 0.1) is 34.5 Å². The SMILES string of the molecule is COC(=O)C1=C(C)N=c2s/c(=C/c3ccc(-c4ccccc4C(F)(F)F)o3)c(=O)n2[C@H]1c1ccccc1. The summed E-state index contributed by atoms with van der Waals surface area (Å²) in [6, 6.07) is 16.3. The summed E-state index contributed by atoms with van der Waals surface area (Å²) in [6.07, 6.45) is -3.09. The molecule has 2 aromatic carbocycles. The topological polar surface area (TPSA) is 73.8 Å². The number of alkyl halides is 3. The molecule has 0 unspecified atom stereocenters. The fraction of sp³-hybridized carbons (Fsp3) is 0.148. The van der Waals surface area contributed by atoms with Crippen molar-refractivity contribution in [3.8, 4) is 11.3 Å². The summed E-state index contributed by atoms with van der Waals surface area (Å²) in [5, 5.41) is 0. The Bertz CT molecular complexity index is 1710. The van der Waals surface area contributed by atoms with Crippen LogP contribution in [0.5, 0.6) is 0 Å². The summed E-state index contributed by atoms with van der Waals surface area (Å²) in [7, 11) is 1.27. The number of ether oxygens (including phenoxy) is 1. The number of nitrogens with zero attached hydrogens (tertiary/aromatic N) is 2. The van der Waals surface area contributed by atoms with Crippen molar-refractivity contribution in [1.29, 1.82) is 0 Å². The van der Waals surface area contributed by atoms with Crippen LogP contribution in [-0.4, -0.2) is 17.6 Å². The first-order valence-corrected chi connectivity index (χ1v) is 11.9. The molecule has 5 rings (SSSR count). The number of fused-ring (bicyclic) bond motifs is 1. The van der Waals surface area contributed by atoms with Crippen molar-refractivity contribution in [2.45, 2.75) is 19.1 Å². The van der Waals surface area contributed by atoms with Crippen LogP contribution in [-0.2, 0) is 15.7 Å². The normalized spacial score (nSPS) is 15.9. The molecule has 3 heterocycles. The molecule has 4 aromatic rings. The Morgan fingerprint density at radius 1 is 1.08 bits per heavy atom. The van der Waals surface area contributed by atoms with Gasteiger partial charge in [-0.2, -0.15) is 13.2 Å². The van der Waals surface area contributed by atoms with Crippen LogP contribution in [0, 0.1) is 0 Å². The van der Waals surface area contributed by atoms with E-state index < -0.39 is 29.3 Å². The van der Waals surface area contributed by atoms with Crippen LogP contribution in [0.15, 0.2) is 92.2 Å².